The van der Waals surface area contributed by atoms with Crippen molar-refractivity contribution in [3.05, 3.63) is 24.3 Å². The average molecular weight is 340 g/mol. The maximum absolute atomic E-state index is 12.2. The van der Waals surface area contributed by atoms with Gasteiger partial charge in [0.15, 0.2) is 0 Å². The number of hydrogen-bond acceptors (Lipinski definition) is 4. The van der Waals surface area contributed by atoms with Gasteiger partial charge < -0.3 is 20.3 Å². The maximum Gasteiger partial charge on any atom is 0.237 e. The Kier molecular flexibility index (Phi) is 5.85. The highest BCUT2D eigenvalue weighted by Gasteiger charge is 2.33. The van der Waals surface area contributed by atoms with E-state index < -0.39 is 0 Å². The minimum absolute atomic E-state index is 0. The first-order valence-corrected chi connectivity index (χ1v) is 7.65. The largest absolute Gasteiger partial charge is 0.497 e. The Bertz CT molecular complexity index is 575. The molecule has 0 aromatic heterocycles. The summed E-state index contributed by atoms with van der Waals surface area (Å²) in [6.45, 7) is 1.39. The Balaban J connectivity index is 0.00000192. The van der Waals surface area contributed by atoms with Crippen LogP contribution in [0.1, 0.15) is 19.3 Å². The smallest absolute Gasteiger partial charge is 0.237 e. The number of nitrogens with zero attached hydrogens (tertiary/aromatic N) is 1. The van der Waals surface area contributed by atoms with Crippen LogP contribution in [-0.2, 0) is 9.59 Å². The fourth-order valence-corrected chi connectivity index (χ4v) is 3.04. The van der Waals surface area contributed by atoms with Crippen molar-refractivity contribution in [1.29, 1.82) is 0 Å². The third kappa shape index (κ3) is 3.95. The van der Waals surface area contributed by atoms with Gasteiger partial charge in [0.25, 0.3) is 0 Å². The van der Waals surface area contributed by atoms with E-state index in [1.807, 2.05) is 24.3 Å². The van der Waals surface area contributed by atoms with Crippen molar-refractivity contribution in [2.45, 2.75) is 31.3 Å². The Hall–Kier alpha value is -1.79. The van der Waals surface area contributed by atoms with E-state index in [9.17, 15) is 9.59 Å². The van der Waals surface area contributed by atoms with Crippen LogP contribution < -0.4 is 20.3 Å². The van der Waals surface area contributed by atoms with Crippen LogP contribution in [0.15, 0.2) is 24.3 Å². The second-order valence-electron chi connectivity index (χ2n) is 5.76. The number of amides is 2. The Morgan fingerprint density at radius 3 is 2.96 bits per heavy atom. The number of carbonyl (C=O) groups is 2. The molecule has 1 aromatic rings. The molecule has 0 spiro atoms. The number of nitrogens with one attached hydrogen (secondary N) is 2. The molecular formula is C16H22ClN3O3. The summed E-state index contributed by atoms with van der Waals surface area (Å²) in [6.07, 6.45) is 2.24. The van der Waals surface area contributed by atoms with E-state index in [0.717, 1.165) is 25.1 Å². The topological polar surface area (TPSA) is 70.7 Å². The molecule has 0 radical (unpaired) electrons. The summed E-state index contributed by atoms with van der Waals surface area (Å²) in [5, 5.41) is 6.16. The monoisotopic (exact) mass is 339 g/mol. The molecule has 1 aromatic carbocycles. The van der Waals surface area contributed by atoms with Crippen molar-refractivity contribution < 1.29 is 14.3 Å². The summed E-state index contributed by atoms with van der Waals surface area (Å²) in [7, 11) is 1.60. The second-order valence-corrected chi connectivity index (χ2v) is 5.76. The minimum atomic E-state index is -0.131. The fourth-order valence-electron chi connectivity index (χ4n) is 3.04. The van der Waals surface area contributed by atoms with Gasteiger partial charge >= 0.3 is 0 Å². The standard InChI is InChI=1S/C16H21N3O3.ClH/c1-22-13-5-2-4-12(9-13)19-10-11(8-15(19)20)18-16(21)14-6-3-7-17-14;/h2,4-5,9,11,14,17H,3,6-8,10H2,1H3,(H,18,21);1H. The molecule has 2 N–H and O–H groups in total. The van der Waals surface area contributed by atoms with Crippen LogP contribution in [-0.4, -0.2) is 44.1 Å². The zero-order valence-corrected chi connectivity index (χ0v) is 13.9. The van der Waals surface area contributed by atoms with Gasteiger partial charge in [-0.3, -0.25) is 9.59 Å². The first-order chi connectivity index (χ1) is 10.7. The summed E-state index contributed by atoms with van der Waals surface area (Å²) in [5.74, 6) is 0.744. The van der Waals surface area contributed by atoms with E-state index in [0.29, 0.717) is 18.7 Å². The lowest BCUT2D eigenvalue weighted by molar-refractivity contribution is -0.123. The molecule has 2 unspecified atom stereocenters. The van der Waals surface area contributed by atoms with Crippen molar-refractivity contribution in [1.82, 2.24) is 10.6 Å². The number of methoxy groups -OCH3 is 1. The molecule has 2 fully saturated rings. The van der Waals surface area contributed by atoms with Gasteiger partial charge in [0.2, 0.25) is 11.8 Å². The van der Waals surface area contributed by atoms with E-state index in [-0.39, 0.29) is 36.3 Å². The van der Waals surface area contributed by atoms with Crippen LogP contribution in [0.3, 0.4) is 0 Å². The number of anilines is 1. The van der Waals surface area contributed by atoms with Crippen molar-refractivity contribution in [3.63, 3.8) is 0 Å². The molecular weight excluding hydrogens is 318 g/mol. The lowest BCUT2D eigenvalue weighted by Crippen LogP contribution is -2.46. The molecule has 2 heterocycles. The van der Waals surface area contributed by atoms with Gasteiger partial charge in [0, 0.05) is 24.7 Å². The highest BCUT2D eigenvalue weighted by molar-refractivity contribution is 5.97. The van der Waals surface area contributed by atoms with Gasteiger partial charge in [-0.05, 0) is 31.5 Å². The first-order valence-electron chi connectivity index (χ1n) is 7.65. The molecule has 2 aliphatic heterocycles. The van der Waals surface area contributed by atoms with E-state index in [1.165, 1.54) is 0 Å². The van der Waals surface area contributed by atoms with Crippen molar-refractivity contribution in [2.24, 2.45) is 0 Å². The molecule has 3 rings (SSSR count). The number of ether oxygens (including phenoxy) is 1. The molecule has 23 heavy (non-hydrogen) atoms. The van der Waals surface area contributed by atoms with Gasteiger partial charge in [-0.2, -0.15) is 0 Å². The quantitative estimate of drug-likeness (QED) is 0.861. The highest BCUT2D eigenvalue weighted by Crippen LogP contribution is 2.25. The summed E-state index contributed by atoms with van der Waals surface area (Å²) in [5.41, 5.74) is 0.806. The third-order valence-electron chi connectivity index (χ3n) is 4.21. The van der Waals surface area contributed by atoms with Gasteiger partial charge in [0.1, 0.15) is 5.75 Å². The van der Waals surface area contributed by atoms with E-state index in [1.54, 1.807) is 12.0 Å². The number of halogens is 1. The maximum atomic E-state index is 12.2. The summed E-state index contributed by atoms with van der Waals surface area (Å²) < 4.78 is 5.19. The molecule has 2 amide bonds. The Morgan fingerprint density at radius 2 is 2.26 bits per heavy atom. The summed E-state index contributed by atoms with van der Waals surface area (Å²) in [6, 6.07) is 7.17. The summed E-state index contributed by atoms with van der Waals surface area (Å²) in [4.78, 5) is 26.0. The fraction of sp³-hybridized carbons (Fsp3) is 0.500. The molecule has 0 bridgehead atoms. The Morgan fingerprint density at radius 1 is 1.43 bits per heavy atom. The molecule has 0 saturated carbocycles. The molecule has 6 nitrogen and oxygen atoms in total. The van der Waals surface area contributed by atoms with Crippen molar-refractivity contribution in [3.8, 4) is 5.75 Å². The first kappa shape index (κ1) is 17.6. The van der Waals surface area contributed by atoms with Crippen LogP contribution in [0.4, 0.5) is 5.69 Å². The van der Waals surface area contributed by atoms with Crippen LogP contribution in [0.25, 0.3) is 0 Å². The number of hydrogen-bond donors (Lipinski definition) is 2. The average Bonchev–Trinajstić information content (AvgIpc) is 3.17. The number of benzene rings is 1. The molecule has 2 saturated heterocycles. The molecule has 126 valence electrons. The van der Waals surface area contributed by atoms with Crippen molar-refractivity contribution >= 4 is 29.9 Å². The van der Waals surface area contributed by atoms with Gasteiger partial charge in [-0.1, -0.05) is 6.07 Å². The molecule has 0 aliphatic carbocycles. The zero-order chi connectivity index (χ0) is 15.5. The lowest BCUT2D eigenvalue weighted by Gasteiger charge is -2.19. The predicted octanol–water partition coefficient (Wildman–Crippen LogP) is 1.09. The SMILES string of the molecule is COc1cccc(N2CC(NC(=O)C3CCCN3)CC2=O)c1.Cl. The number of rotatable bonds is 4. The van der Waals surface area contributed by atoms with Crippen LogP contribution in [0.2, 0.25) is 0 Å². The van der Waals surface area contributed by atoms with E-state index >= 15 is 0 Å². The van der Waals surface area contributed by atoms with E-state index in [2.05, 4.69) is 10.6 Å². The summed E-state index contributed by atoms with van der Waals surface area (Å²) >= 11 is 0. The normalized spacial score (nSPS) is 23.5. The molecule has 7 heteroatoms. The highest BCUT2D eigenvalue weighted by atomic mass is 35.5. The lowest BCUT2D eigenvalue weighted by atomic mass is 10.2. The van der Waals surface area contributed by atoms with Crippen LogP contribution >= 0.6 is 12.4 Å². The predicted molar refractivity (Wildman–Crippen MR) is 90.2 cm³/mol. The second kappa shape index (κ2) is 7.66. The number of carbonyl (C=O) groups excluding carboxylic acids is 2. The Labute approximate surface area is 142 Å². The van der Waals surface area contributed by atoms with Gasteiger partial charge in [0.05, 0.1) is 19.2 Å². The van der Waals surface area contributed by atoms with Crippen LogP contribution in [0.5, 0.6) is 5.75 Å². The molecule has 2 aliphatic rings. The van der Waals surface area contributed by atoms with E-state index in [4.69, 9.17) is 4.74 Å². The van der Waals surface area contributed by atoms with Gasteiger partial charge in [-0.25, -0.2) is 0 Å². The minimum Gasteiger partial charge on any atom is -0.497 e. The third-order valence-corrected chi connectivity index (χ3v) is 4.21. The van der Waals surface area contributed by atoms with Crippen molar-refractivity contribution in [2.75, 3.05) is 25.1 Å². The molecule has 2 atom stereocenters. The van der Waals surface area contributed by atoms with Crippen LogP contribution in [0, 0.1) is 0 Å². The zero-order valence-electron chi connectivity index (χ0n) is 13.1. The van der Waals surface area contributed by atoms with Gasteiger partial charge in [-0.15, -0.1) is 12.4 Å².